The predicted octanol–water partition coefficient (Wildman–Crippen LogP) is 5.37. The van der Waals surface area contributed by atoms with Crippen LogP contribution in [-0.4, -0.2) is 47.7 Å². The van der Waals surface area contributed by atoms with E-state index in [-0.39, 0.29) is 24.5 Å². The van der Waals surface area contributed by atoms with Crippen LogP contribution in [-0.2, 0) is 35.3 Å². The average molecular weight is 522 g/mol. The van der Waals surface area contributed by atoms with Crippen molar-refractivity contribution in [1.29, 1.82) is 0 Å². The molecule has 7 heteroatoms. The second-order valence-electron chi connectivity index (χ2n) is 9.78. The van der Waals surface area contributed by atoms with E-state index in [4.69, 9.17) is 21.1 Å². The molecule has 0 bridgehead atoms. The minimum Gasteiger partial charge on any atom is -0.497 e. The first-order valence-corrected chi connectivity index (χ1v) is 12.8. The number of nitrogens with zero attached hydrogens (tertiary/aromatic N) is 1. The van der Waals surface area contributed by atoms with Crippen molar-refractivity contribution >= 4 is 23.5 Å². The molecular weight excluding hydrogens is 490 g/mol. The van der Waals surface area contributed by atoms with E-state index in [9.17, 15) is 14.7 Å². The number of benzene rings is 3. The van der Waals surface area contributed by atoms with Gasteiger partial charge in [0, 0.05) is 30.8 Å². The maximum Gasteiger partial charge on any atom is 0.323 e. The van der Waals surface area contributed by atoms with Crippen LogP contribution in [0.15, 0.2) is 66.7 Å². The third-order valence-corrected chi connectivity index (χ3v) is 6.92. The van der Waals surface area contributed by atoms with Gasteiger partial charge < -0.3 is 19.5 Å². The number of halogens is 1. The molecule has 194 valence electrons. The van der Waals surface area contributed by atoms with E-state index in [1.165, 1.54) is 10.5 Å². The van der Waals surface area contributed by atoms with Gasteiger partial charge in [0.05, 0.1) is 7.11 Å². The van der Waals surface area contributed by atoms with E-state index in [0.717, 1.165) is 41.0 Å². The summed E-state index contributed by atoms with van der Waals surface area (Å²) in [5.74, 6) is 0.448. The molecule has 3 aromatic carbocycles. The molecule has 1 aliphatic rings. The van der Waals surface area contributed by atoms with Crippen molar-refractivity contribution in [3.05, 3.63) is 94.0 Å². The molecule has 0 aliphatic carbocycles. The highest BCUT2D eigenvalue weighted by Gasteiger charge is 2.35. The van der Waals surface area contributed by atoms with Crippen molar-refractivity contribution in [3.63, 3.8) is 0 Å². The quantitative estimate of drug-likeness (QED) is 0.367. The highest BCUT2D eigenvalue weighted by Crippen LogP contribution is 2.37. The van der Waals surface area contributed by atoms with Gasteiger partial charge in [-0.25, -0.2) is 0 Å². The Bertz CT molecular complexity index is 1240. The topological polar surface area (TPSA) is 76.1 Å². The molecule has 0 radical (unpaired) electrons. The summed E-state index contributed by atoms with van der Waals surface area (Å²) >= 11 is 6.01. The predicted molar refractivity (Wildman–Crippen MR) is 144 cm³/mol. The molecule has 6 nitrogen and oxygen atoms in total. The third kappa shape index (κ3) is 7.26. The summed E-state index contributed by atoms with van der Waals surface area (Å²) in [6.07, 6.45) is 2.91. The lowest BCUT2D eigenvalue weighted by atomic mass is 9.91. The molecule has 1 N–H and O–H groups in total. The summed E-state index contributed by atoms with van der Waals surface area (Å²) in [6.45, 7) is 2.14. The number of carbonyl (C=O) groups is 2. The van der Waals surface area contributed by atoms with Crippen LogP contribution in [0.3, 0.4) is 0 Å². The fourth-order valence-corrected chi connectivity index (χ4v) is 4.91. The molecule has 4 rings (SSSR count). The van der Waals surface area contributed by atoms with E-state index in [0.29, 0.717) is 24.4 Å². The fourth-order valence-electron chi connectivity index (χ4n) is 4.78. The van der Waals surface area contributed by atoms with E-state index in [1.807, 2.05) is 60.7 Å². The van der Waals surface area contributed by atoms with Gasteiger partial charge in [-0.3, -0.25) is 9.59 Å². The summed E-state index contributed by atoms with van der Waals surface area (Å²) in [5, 5.41) is 10.0. The molecule has 0 saturated carbocycles. The highest BCUT2D eigenvalue weighted by atomic mass is 35.5. The number of carboxylic acid groups (broad SMARTS) is 1. The average Bonchev–Trinajstić information content (AvgIpc) is 3.21. The summed E-state index contributed by atoms with van der Waals surface area (Å²) in [5.41, 5.74) is 4.01. The molecule has 1 heterocycles. The minimum absolute atomic E-state index is 0.166. The summed E-state index contributed by atoms with van der Waals surface area (Å²) in [4.78, 5) is 25.8. The number of hydrogen-bond donors (Lipinski definition) is 1. The van der Waals surface area contributed by atoms with Crippen molar-refractivity contribution in [2.45, 2.75) is 44.6 Å². The maximum absolute atomic E-state index is 12.9. The molecular formula is C30H32ClNO5. The lowest BCUT2D eigenvalue weighted by molar-refractivity contribution is -0.144. The van der Waals surface area contributed by atoms with E-state index >= 15 is 0 Å². The van der Waals surface area contributed by atoms with Crippen molar-refractivity contribution in [1.82, 2.24) is 4.90 Å². The first kappa shape index (κ1) is 26.6. The van der Waals surface area contributed by atoms with Gasteiger partial charge in [-0.2, -0.15) is 0 Å². The molecule has 0 fully saturated rings. The second kappa shape index (κ2) is 11.7. The van der Waals surface area contributed by atoms with Gasteiger partial charge in [-0.15, -0.1) is 0 Å². The molecule has 0 aromatic heterocycles. The zero-order chi connectivity index (χ0) is 26.4. The van der Waals surface area contributed by atoms with Crippen LogP contribution in [0.1, 0.15) is 35.6 Å². The zero-order valence-corrected chi connectivity index (χ0v) is 22.0. The van der Waals surface area contributed by atoms with E-state index in [1.54, 1.807) is 7.11 Å². The first-order valence-electron chi connectivity index (χ1n) is 12.4. The number of aliphatic carboxylic acids is 1. The molecule has 0 saturated heterocycles. The fraction of sp³-hybridized carbons (Fsp3) is 0.333. The monoisotopic (exact) mass is 521 g/mol. The Morgan fingerprint density at radius 3 is 2.35 bits per heavy atom. The molecule has 0 unspecified atom stereocenters. The summed E-state index contributed by atoms with van der Waals surface area (Å²) < 4.78 is 11.5. The normalized spacial score (nSPS) is 16.1. The van der Waals surface area contributed by atoms with Crippen LogP contribution < -0.4 is 9.47 Å². The number of amides is 1. The Morgan fingerprint density at radius 1 is 1.00 bits per heavy atom. The lowest BCUT2D eigenvalue weighted by Gasteiger charge is -2.24. The van der Waals surface area contributed by atoms with Gasteiger partial charge in [0.15, 0.2) is 0 Å². The number of hydrogen-bond acceptors (Lipinski definition) is 4. The minimum atomic E-state index is -1.02. The summed E-state index contributed by atoms with van der Waals surface area (Å²) in [7, 11) is 1.61. The Balaban J connectivity index is 1.34. The van der Waals surface area contributed by atoms with Crippen LogP contribution in [0.25, 0.3) is 0 Å². The van der Waals surface area contributed by atoms with Crippen molar-refractivity contribution in [2.75, 3.05) is 20.2 Å². The standard InChI is InChI=1S/C30H32ClNO5/c1-30(18-23-3-9-25(31)10-4-23)19-24-17-22(7-13-27(24)37-30)8-14-28(33)32(20-29(34)35)16-15-21-5-11-26(36-2)12-6-21/h3-7,9-13,17H,8,14-16,18-20H2,1-2H3,(H,34,35)/t30-/m0/s1. The van der Waals surface area contributed by atoms with Gasteiger partial charge >= 0.3 is 5.97 Å². The molecule has 1 amide bonds. The Morgan fingerprint density at radius 2 is 1.68 bits per heavy atom. The van der Waals surface area contributed by atoms with Crippen LogP contribution in [0.2, 0.25) is 5.02 Å². The Kier molecular flexibility index (Phi) is 8.39. The number of carboxylic acids is 1. The van der Waals surface area contributed by atoms with Crippen molar-refractivity contribution < 1.29 is 24.2 Å². The molecule has 37 heavy (non-hydrogen) atoms. The maximum atomic E-state index is 12.9. The number of rotatable bonds is 11. The number of carbonyl (C=O) groups excluding carboxylic acids is 1. The van der Waals surface area contributed by atoms with Crippen molar-refractivity contribution in [3.8, 4) is 11.5 Å². The number of ether oxygens (including phenoxy) is 2. The largest absolute Gasteiger partial charge is 0.497 e. The van der Waals surface area contributed by atoms with E-state index in [2.05, 4.69) is 13.0 Å². The van der Waals surface area contributed by atoms with E-state index < -0.39 is 5.97 Å². The van der Waals surface area contributed by atoms with Crippen LogP contribution in [0.4, 0.5) is 0 Å². The highest BCUT2D eigenvalue weighted by molar-refractivity contribution is 6.30. The smallest absolute Gasteiger partial charge is 0.323 e. The number of methoxy groups -OCH3 is 1. The molecule has 1 atom stereocenters. The van der Waals surface area contributed by atoms with Crippen LogP contribution in [0.5, 0.6) is 11.5 Å². The second-order valence-corrected chi connectivity index (χ2v) is 10.2. The Hall–Kier alpha value is -3.51. The van der Waals surface area contributed by atoms with Crippen LogP contribution >= 0.6 is 11.6 Å². The van der Waals surface area contributed by atoms with Crippen LogP contribution in [0, 0.1) is 0 Å². The van der Waals surface area contributed by atoms with Crippen molar-refractivity contribution in [2.24, 2.45) is 0 Å². The summed E-state index contributed by atoms with van der Waals surface area (Å²) in [6, 6.07) is 21.5. The first-order chi connectivity index (χ1) is 17.7. The Labute approximate surface area is 222 Å². The number of fused-ring (bicyclic) bond motifs is 1. The van der Waals surface area contributed by atoms with Gasteiger partial charge in [0.25, 0.3) is 0 Å². The third-order valence-electron chi connectivity index (χ3n) is 6.67. The van der Waals surface area contributed by atoms with Gasteiger partial charge in [0.1, 0.15) is 23.6 Å². The van der Waals surface area contributed by atoms with Gasteiger partial charge in [-0.1, -0.05) is 48.0 Å². The van der Waals surface area contributed by atoms with Gasteiger partial charge in [0.2, 0.25) is 5.91 Å². The molecule has 3 aromatic rings. The lowest BCUT2D eigenvalue weighted by Crippen LogP contribution is -2.37. The molecule has 0 spiro atoms. The number of aryl methyl sites for hydroxylation is 1. The molecule has 1 aliphatic heterocycles. The van der Waals surface area contributed by atoms with Gasteiger partial charge in [-0.05, 0) is 72.4 Å². The zero-order valence-electron chi connectivity index (χ0n) is 21.2. The SMILES string of the molecule is COc1ccc(CCN(CC(=O)O)C(=O)CCc2ccc3c(c2)C[C@](C)(Cc2ccc(Cl)cc2)O3)cc1.